The van der Waals surface area contributed by atoms with Crippen molar-refractivity contribution in [1.29, 1.82) is 0 Å². The average Bonchev–Trinajstić information content (AvgIpc) is 2.50. The highest BCUT2D eigenvalue weighted by molar-refractivity contribution is 5.41. The first kappa shape index (κ1) is 20.2. The lowest BCUT2D eigenvalue weighted by Gasteiger charge is -2.32. The summed E-state index contributed by atoms with van der Waals surface area (Å²) < 4.78 is 17.6. The Morgan fingerprint density at radius 1 is 1.08 bits per heavy atom. The van der Waals surface area contributed by atoms with Crippen molar-refractivity contribution in [3.63, 3.8) is 0 Å². The molecule has 142 valence electrons. The van der Waals surface area contributed by atoms with Crippen LogP contribution in [0.3, 0.4) is 0 Å². The Morgan fingerprint density at radius 2 is 1.76 bits per heavy atom. The highest BCUT2D eigenvalue weighted by Gasteiger charge is 2.25. The summed E-state index contributed by atoms with van der Waals surface area (Å²) in [5.74, 6) is 0.975. The maximum absolute atomic E-state index is 5.99. The molecule has 0 bridgehead atoms. The van der Waals surface area contributed by atoms with Crippen molar-refractivity contribution in [2.45, 2.75) is 59.2 Å². The number of morpholine rings is 1. The molecule has 3 atom stereocenters. The van der Waals surface area contributed by atoms with Crippen molar-refractivity contribution in [1.82, 2.24) is 0 Å². The van der Waals surface area contributed by atoms with Gasteiger partial charge in [0.25, 0.3) is 0 Å². The number of nitrogens with one attached hydrogen (secondary N) is 1. The highest BCUT2D eigenvalue weighted by atomic mass is 16.5. The standard InChI is InChI=1S/C21H35NO3/c1-16-7-8-20(19(13-16)21(4,5)6)24-12-11-23-10-9-22-14-17(2)25-18(3)15-22/h7-8,13,17-18H,9-12,14-15H2,1-6H3/p+1/t17-,18+. The number of hydrogen-bond acceptors (Lipinski definition) is 3. The largest absolute Gasteiger partial charge is 0.491 e. The number of benzene rings is 1. The van der Waals surface area contributed by atoms with Crippen molar-refractivity contribution < 1.29 is 19.1 Å². The van der Waals surface area contributed by atoms with E-state index in [1.165, 1.54) is 11.1 Å². The summed E-state index contributed by atoms with van der Waals surface area (Å²) in [7, 11) is 0. The zero-order valence-electron chi connectivity index (χ0n) is 16.9. The number of hydrogen-bond donors (Lipinski definition) is 1. The van der Waals surface area contributed by atoms with E-state index in [1.807, 2.05) is 0 Å². The molecule has 0 aromatic heterocycles. The second kappa shape index (κ2) is 9.02. The zero-order valence-corrected chi connectivity index (χ0v) is 16.9. The van der Waals surface area contributed by atoms with Crippen LogP contribution in [0.4, 0.5) is 0 Å². The van der Waals surface area contributed by atoms with Crippen molar-refractivity contribution in [3.8, 4) is 5.75 Å². The van der Waals surface area contributed by atoms with Gasteiger partial charge in [0, 0.05) is 0 Å². The predicted molar refractivity (Wildman–Crippen MR) is 102 cm³/mol. The lowest BCUT2D eigenvalue weighted by molar-refractivity contribution is -0.915. The first-order chi connectivity index (χ1) is 11.8. The lowest BCUT2D eigenvalue weighted by Crippen LogP contribution is -3.15. The Labute approximate surface area is 153 Å². The van der Waals surface area contributed by atoms with Crippen LogP contribution in [-0.4, -0.2) is 51.7 Å². The molecular formula is C21H36NO3+. The van der Waals surface area contributed by atoms with E-state index in [1.54, 1.807) is 4.90 Å². The van der Waals surface area contributed by atoms with Gasteiger partial charge in [-0.1, -0.05) is 38.5 Å². The van der Waals surface area contributed by atoms with Crippen LogP contribution in [0.5, 0.6) is 5.75 Å². The van der Waals surface area contributed by atoms with Gasteiger partial charge in [-0.25, -0.2) is 0 Å². The molecule has 1 aliphatic rings. The summed E-state index contributed by atoms with van der Waals surface area (Å²) in [5, 5.41) is 0. The quantitative estimate of drug-likeness (QED) is 0.767. The summed E-state index contributed by atoms with van der Waals surface area (Å²) in [5.41, 5.74) is 2.61. The molecule has 0 amide bonds. The van der Waals surface area contributed by atoms with Crippen LogP contribution < -0.4 is 9.64 Å². The molecular weight excluding hydrogens is 314 g/mol. The molecule has 1 N–H and O–H groups in total. The van der Waals surface area contributed by atoms with Crippen molar-refractivity contribution in [2.75, 3.05) is 39.5 Å². The van der Waals surface area contributed by atoms with E-state index in [0.717, 1.165) is 32.0 Å². The normalized spacial score (nSPS) is 24.3. The minimum Gasteiger partial charge on any atom is -0.491 e. The lowest BCUT2D eigenvalue weighted by atomic mass is 9.85. The molecule has 2 rings (SSSR count). The number of rotatable bonds is 7. The van der Waals surface area contributed by atoms with Crippen LogP contribution in [-0.2, 0) is 14.9 Å². The number of ether oxygens (including phenoxy) is 3. The minimum absolute atomic E-state index is 0.0787. The van der Waals surface area contributed by atoms with Crippen LogP contribution in [0.2, 0.25) is 0 Å². The third kappa shape index (κ3) is 6.61. The van der Waals surface area contributed by atoms with Crippen LogP contribution in [0.25, 0.3) is 0 Å². The van der Waals surface area contributed by atoms with Gasteiger partial charge in [-0.15, -0.1) is 0 Å². The fourth-order valence-corrected chi connectivity index (χ4v) is 3.48. The summed E-state index contributed by atoms with van der Waals surface area (Å²) >= 11 is 0. The molecule has 1 aromatic rings. The highest BCUT2D eigenvalue weighted by Crippen LogP contribution is 2.32. The first-order valence-electron chi connectivity index (χ1n) is 9.56. The minimum atomic E-state index is 0.0787. The van der Waals surface area contributed by atoms with E-state index in [4.69, 9.17) is 14.2 Å². The third-order valence-electron chi connectivity index (χ3n) is 4.65. The van der Waals surface area contributed by atoms with Gasteiger partial charge >= 0.3 is 0 Å². The van der Waals surface area contributed by atoms with Gasteiger partial charge in [0.2, 0.25) is 0 Å². The van der Waals surface area contributed by atoms with E-state index < -0.39 is 0 Å². The molecule has 0 aliphatic carbocycles. The van der Waals surface area contributed by atoms with Gasteiger partial charge in [-0.3, -0.25) is 0 Å². The Bertz CT molecular complexity index is 528. The maximum atomic E-state index is 5.99. The Hall–Kier alpha value is -1.10. The monoisotopic (exact) mass is 350 g/mol. The van der Waals surface area contributed by atoms with E-state index in [0.29, 0.717) is 25.4 Å². The Balaban J connectivity index is 1.70. The van der Waals surface area contributed by atoms with Crippen LogP contribution in [0.1, 0.15) is 45.7 Å². The van der Waals surface area contributed by atoms with Crippen LogP contribution in [0.15, 0.2) is 18.2 Å². The van der Waals surface area contributed by atoms with E-state index in [-0.39, 0.29) is 5.41 Å². The van der Waals surface area contributed by atoms with Crippen molar-refractivity contribution >= 4 is 0 Å². The molecule has 1 heterocycles. The van der Waals surface area contributed by atoms with Gasteiger partial charge in [0.05, 0.1) is 13.2 Å². The van der Waals surface area contributed by atoms with Gasteiger partial charge in [0.15, 0.2) is 0 Å². The molecule has 0 radical (unpaired) electrons. The molecule has 0 saturated carbocycles. The number of aryl methyl sites for hydroxylation is 1. The van der Waals surface area contributed by atoms with E-state index >= 15 is 0 Å². The topological polar surface area (TPSA) is 32.1 Å². The second-order valence-electron chi connectivity index (χ2n) is 8.38. The summed E-state index contributed by atoms with van der Waals surface area (Å²) in [6, 6.07) is 6.41. The molecule has 1 aromatic carbocycles. The predicted octanol–water partition coefficient (Wildman–Crippen LogP) is 2.38. The summed E-state index contributed by atoms with van der Waals surface area (Å²) in [6.07, 6.45) is 0.693. The average molecular weight is 351 g/mol. The SMILES string of the molecule is Cc1ccc(OCCOCC[NH+]2C[C@@H](C)O[C@@H](C)C2)c(C(C)(C)C)c1. The summed E-state index contributed by atoms with van der Waals surface area (Å²) in [6.45, 7) is 18.3. The molecule has 0 spiro atoms. The summed E-state index contributed by atoms with van der Waals surface area (Å²) in [4.78, 5) is 1.57. The van der Waals surface area contributed by atoms with Crippen LogP contribution in [0, 0.1) is 6.92 Å². The molecule has 4 nitrogen and oxygen atoms in total. The fraction of sp³-hybridized carbons (Fsp3) is 0.714. The van der Waals surface area contributed by atoms with Gasteiger partial charge in [0.1, 0.15) is 44.2 Å². The molecule has 1 aliphatic heterocycles. The third-order valence-corrected chi connectivity index (χ3v) is 4.65. The van der Waals surface area contributed by atoms with Gasteiger partial charge < -0.3 is 19.1 Å². The smallest absolute Gasteiger partial charge is 0.123 e. The Morgan fingerprint density at radius 3 is 2.40 bits per heavy atom. The van der Waals surface area contributed by atoms with Crippen molar-refractivity contribution in [3.05, 3.63) is 29.3 Å². The van der Waals surface area contributed by atoms with Gasteiger partial charge in [-0.2, -0.15) is 0 Å². The molecule has 25 heavy (non-hydrogen) atoms. The maximum Gasteiger partial charge on any atom is 0.123 e. The second-order valence-corrected chi connectivity index (χ2v) is 8.38. The fourth-order valence-electron chi connectivity index (χ4n) is 3.48. The molecule has 1 fully saturated rings. The molecule has 1 saturated heterocycles. The first-order valence-corrected chi connectivity index (χ1v) is 9.56. The van der Waals surface area contributed by atoms with Crippen LogP contribution >= 0.6 is 0 Å². The molecule has 1 unspecified atom stereocenters. The van der Waals surface area contributed by atoms with E-state index in [2.05, 4.69) is 59.7 Å². The number of quaternary nitrogens is 1. The van der Waals surface area contributed by atoms with Crippen molar-refractivity contribution in [2.24, 2.45) is 0 Å². The molecule has 4 heteroatoms. The van der Waals surface area contributed by atoms with Gasteiger partial charge in [-0.05, 0) is 37.8 Å². The zero-order chi connectivity index (χ0) is 18.4. The van der Waals surface area contributed by atoms with E-state index in [9.17, 15) is 0 Å². The Kier molecular flexibility index (Phi) is 7.29.